The molecule has 4 heteroatoms. The first-order valence-corrected chi connectivity index (χ1v) is 4.72. The van der Waals surface area contributed by atoms with Gasteiger partial charge in [-0.05, 0) is 12.1 Å². The van der Waals surface area contributed by atoms with Gasteiger partial charge in [0, 0.05) is 14.2 Å². The van der Waals surface area contributed by atoms with E-state index < -0.39 is 6.48 Å². The molecule has 0 amide bonds. The zero-order valence-electron chi connectivity index (χ0n) is 9.01. The lowest BCUT2D eigenvalue weighted by atomic mass is 10.3. The summed E-state index contributed by atoms with van der Waals surface area (Å²) in [5.41, 5.74) is 0. The van der Waals surface area contributed by atoms with Crippen LogP contribution in [-0.4, -0.2) is 33.9 Å². The van der Waals surface area contributed by atoms with Crippen molar-refractivity contribution >= 4 is 0 Å². The predicted molar refractivity (Wildman–Crippen MR) is 55.7 cm³/mol. The third kappa shape index (κ3) is 4.78. The van der Waals surface area contributed by atoms with Crippen molar-refractivity contribution in [3.05, 3.63) is 30.3 Å². The van der Waals surface area contributed by atoms with Gasteiger partial charge in [-0.3, -0.25) is 0 Å². The van der Waals surface area contributed by atoms with Crippen molar-refractivity contribution in [2.45, 2.75) is 6.48 Å². The average Bonchev–Trinajstić information content (AvgIpc) is 2.29. The van der Waals surface area contributed by atoms with Crippen LogP contribution in [0.5, 0.6) is 5.75 Å². The maximum atomic E-state index is 5.41. The lowest BCUT2D eigenvalue weighted by molar-refractivity contribution is -0.236. The van der Waals surface area contributed by atoms with Gasteiger partial charge in [-0.25, -0.2) is 0 Å². The van der Waals surface area contributed by atoms with E-state index in [0.717, 1.165) is 0 Å². The van der Waals surface area contributed by atoms with Gasteiger partial charge in [-0.15, -0.1) is 0 Å². The molecule has 1 unspecified atom stereocenters. The van der Waals surface area contributed by atoms with Crippen molar-refractivity contribution in [2.75, 3.05) is 27.4 Å². The molecule has 0 aliphatic carbocycles. The zero-order valence-corrected chi connectivity index (χ0v) is 9.01. The molecule has 0 heterocycles. The summed E-state index contributed by atoms with van der Waals surface area (Å²) in [7, 11) is 3.14. The van der Waals surface area contributed by atoms with Crippen molar-refractivity contribution in [2.24, 2.45) is 0 Å². The molecule has 15 heavy (non-hydrogen) atoms. The first-order valence-electron chi connectivity index (χ1n) is 4.72. The number of para-hydroxylation sites is 1. The molecule has 0 aliphatic rings. The first-order chi connectivity index (χ1) is 7.36. The zero-order chi connectivity index (χ0) is 10.9. The summed E-state index contributed by atoms with van der Waals surface area (Å²) in [5.74, 6) is 0.710. The van der Waals surface area contributed by atoms with Crippen LogP contribution in [0.2, 0.25) is 0 Å². The summed E-state index contributed by atoms with van der Waals surface area (Å²) in [5, 5.41) is 0. The van der Waals surface area contributed by atoms with Gasteiger partial charge < -0.3 is 18.9 Å². The average molecular weight is 212 g/mol. The first kappa shape index (κ1) is 12.0. The molecular weight excluding hydrogens is 196 g/mol. The monoisotopic (exact) mass is 212 g/mol. The Morgan fingerprint density at radius 1 is 1.07 bits per heavy atom. The molecule has 4 nitrogen and oxygen atoms in total. The molecule has 0 bridgehead atoms. The van der Waals surface area contributed by atoms with Crippen molar-refractivity contribution in [1.29, 1.82) is 0 Å². The molecule has 0 aromatic heterocycles. The molecule has 0 saturated heterocycles. The van der Waals surface area contributed by atoms with E-state index in [1.807, 2.05) is 30.3 Å². The number of rotatable bonds is 7. The molecule has 1 aromatic carbocycles. The van der Waals surface area contributed by atoms with Gasteiger partial charge in [-0.1, -0.05) is 18.2 Å². The third-order valence-electron chi connectivity index (χ3n) is 1.71. The van der Waals surface area contributed by atoms with Crippen LogP contribution in [-0.2, 0) is 14.2 Å². The van der Waals surface area contributed by atoms with E-state index in [-0.39, 0.29) is 0 Å². The minimum absolute atomic E-state index is 0.432. The van der Waals surface area contributed by atoms with Crippen molar-refractivity contribution in [3.8, 4) is 5.75 Å². The predicted octanol–water partition coefficient (Wildman–Crippen LogP) is 1.66. The normalized spacial score (nSPS) is 12.4. The Kier molecular flexibility index (Phi) is 5.77. The lowest BCUT2D eigenvalue weighted by Crippen LogP contribution is -2.24. The highest BCUT2D eigenvalue weighted by Crippen LogP contribution is 2.11. The quantitative estimate of drug-likeness (QED) is 0.509. The van der Waals surface area contributed by atoms with Crippen molar-refractivity contribution in [1.82, 2.24) is 0 Å². The Balaban J connectivity index is 2.33. The second kappa shape index (κ2) is 7.23. The minimum Gasteiger partial charge on any atom is -0.441 e. The van der Waals surface area contributed by atoms with E-state index in [1.54, 1.807) is 7.11 Å². The fourth-order valence-electron chi connectivity index (χ4n) is 0.988. The largest absolute Gasteiger partial charge is 0.441 e. The summed E-state index contributed by atoms with van der Waals surface area (Å²) in [6, 6.07) is 9.37. The molecule has 0 N–H and O–H groups in total. The SMILES string of the molecule is COCCOC(OC)Oc1ccccc1. The molecular formula is C11H16O4. The Morgan fingerprint density at radius 3 is 2.40 bits per heavy atom. The number of ether oxygens (including phenoxy) is 4. The summed E-state index contributed by atoms with van der Waals surface area (Å²) < 4.78 is 20.5. The van der Waals surface area contributed by atoms with Crippen LogP contribution in [0.4, 0.5) is 0 Å². The highest BCUT2D eigenvalue weighted by atomic mass is 16.8. The smallest absolute Gasteiger partial charge is 0.315 e. The Morgan fingerprint density at radius 2 is 1.80 bits per heavy atom. The standard InChI is InChI=1S/C11H16O4/c1-12-8-9-14-11(13-2)15-10-6-4-3-5-7-10/h3-7,11H,8-9H2,1-2H3. The van der Waals surface area contributed by atoms with E-state index in [2.05, 4.69) is 0 Å². The second-order valence-electron chi connectivity index (χ2n) is 2.82. The lowest BCUT2D eigenvalue weighted by Gasteiger charge is -2.17. The molecule has 0 saturated carbocycles. The van der Waals surface area contributed by atoms with Crippen molar-refractivity contribution < 1.29 is 18.9 Å². The Bertz CT molecular complexity index is 250. The summed E-state index contributed by atoms with van der Waals surface area (Å²) >= 11 is 0. The number of hydrogen-bond donors (Lipinski definition) is 0. The molecule has 1 aromatic rings. The number of hydrogen-bond acceptors (Lipinski definition) is 4. The molecule has 1 atom stereocenters. The van der Waals surface area contributed by atoms with Crippen LogP contribution < -0.4 is 4.74 Å². The fourth-order valence-corrected chi connectivity index (χ4v) is 0.988. The van der Waals surface area contributed by atoms with Gasteiger partial charge in [0.15, 0.2) is 0 Å². The van der Waals surface area contributed by atoms with Crippen LogP contribution in [0.3, 0.4) is 0 Å². The van der Waals surface area contributed by atoms with Crippen LogP contribution >= 0.6 is 0 Å². The minimum atomic E-state index is -0.692. The second-order valence-corrected chi connectivity index (χ2v) is 2.82. The molecule has 0 radical (unpaired) electrons. The topological polar surface area (TPSA) is 36.9 Å². The summed E-state index contributed by atoms with van der Waals surface area (Å²) in [6.45, 7) is 0.252. The molecule has 0 aliphatic heterocycles. The Labute approximate surface area is 89.7 Å². The van der Waals surface area contributed by atoms with E-state index in [0.29, 0.717) is 19.0 Å². The van der Waals surface area contributed by atoms with Gasteiger partial charge in [0.05, 0.1) is 13.2 Å². The molecule has 0 spiro atoms. The Hall–Kier alpha value is -1.10. The van der Waals surface area contributed by atoms with Crippen LogP contribution in [0, 0.1) is 0 Å². The van der Waals surface area contributed by atoms with Gasteiger partial charge in [0.25, 0.3) is 0 Å². The van der Waals surface area contributed by atoms with Crippen LogP contribution in [0.1, 0.15) is 0 Å². The molecule has 84 valence electrons. The van der Waals surface area contributed by atoms with E-state index in [9.17, 15) is 0 Å². The van der Waals surface area contributed by atoms with E-state index >= 15 is 0 Å². The molecule has 0 fully saturated rings. The maximum absolute atomic E-state index is 5.41. The van der Waals surface area contributed by atoms with Gasteiger partial charge >= 0.3 is 6.48 Å². The highest BCUT2D eigenvalue weighted by molar-refractivity contribution is 5.20. The third-order valence-corrected chi connectivity index (χ3v) is 1.71. The number of methoxy groups -OCH3 is 2. The fraction of sp³-hybridized carbons (Fsp3) is 0.455. The van der Waals surface area contributed by atoms with Crippen molar-refractivity contribution in [3.63, 3.8) is 0 Å². The van der Waals surface area contributed by atoms with Crippen LogP contribution in [0.25, 0.3) is 0 Å². The summed E-state index contributed by atoms with van der Waals surface area (Å²) in [4.78, 5) is 0. The van der Waals surface area contributed by atoms with Crippen LogP contribution in [0.15, 0.2) is 30.3 Å². The highest BCUT2D eigenvalue weighted by Gasteiger charge is 2.08. The summed E-state index contributed by atoms with van der Waals surface area (Å²) in [6.07, 6.45) is 0. The van der Waals surface area contributed by atoms with Gasteiger partial charge in [-0.2, -0.15) is 0 Å². The van der Waals surface area contributed by atoms with E-state index in [1.165, 1.54) is 7.11 Å². The van der Waals surface area contributed by atoms with Gasteiger partial charge in [0.1, 0.15) is 5.75 Å². The maximum Gasteiger partial charge on any atom is 0.315 e. The van der Waals surface area contributed by atoms with E-state index in [4.69, 9.17) is 18.9 Å². The molecule has 1 rings (SSSR count). The number of benzene rings is 1. The van der Waals surface area contributed by atoms with Gasteiger partial charge in [0.2, 0.25) is 0 Å².